The van der Waals surface area contributed by atoms with Crippen LogP contribution in [-0.2, 0) is 9.59 Å². The first-order valence-electron chi connectivity index (χ1n) is 5.89. The molecule has 0 aromatic carbocycles. The minimum Gasteiger partial charge on any atom is -0.350 e. The van der Waals surface area contributed by atoms with E-state index in [0.29, 0.717) is 19.4 Å². The van der Waals surface area contributed by atoms with Gasteiger partial charge in [-0.3, -0.25) is 9.59 Å². The van der Waals surface area contributed by atoms with Crippen molar-refractivity contribution in [2.45, 2.75) is 32.7 Å². The smallest absolute Gasteiger partial charge is 0.237 e. The highest BCUT2D eigenvalue weighted by Crippen LogP contribution is 2.13. The number of nitrogens with zero attached hydrogens (tertiary/aromatic N) is 2. The van der Waals surface area contributed by atoms with Gasteiger partial charge in [-0.05, 0) is 12.3 Å². The summed E-state index contributed by atoms with van der Waals surface area (Å²) in [6.07, 6.45) is 1.12. The maximum Gasteiger partial charge on any atom is 0.237 e. The van der Waals surface area contributed by atoms with E-state index in [1.165, 1.54) is 0 Å². The zero-order valence-corrected chi connectivity index (χ0v) is 10.6. The number of likely N-dealkylation sites (N-methyl/N-ethyl adjacent to an activating group) is 1. The van der Waals surface area contributed by atoms with Crippen LogP contribution in [-0.4, -0.2) is 36.3 Å². The summed E-state index contributed by atoms with van der Waals surface area (Å²) in [5, 5.41) is 11.8. The second kappa shape index (κ2) is 5.67. The predicted molar refractivity (Wildman–Crippen MR) is 62.7 cm³/mol. The molecule has 2 atom stereocenters. The van der Waals surface area contributed by atoms with Crippen molar-refractivity contribution in [1.29, 1.82) is 5.26 Å². The van der Waals surface area contributed by atoms with E-state index >= 15 is 0 Å². The van der Waals surface area contributed by atoms with Crippen molar-refractivity contribution in [3.8, 4) is 6.07 Å². The van der Waals surface area contributed by atoms with Gasteiger partial charge in [0.25, 0.3) is 0 Å². The monoisotopic (exact) mass is 237 g/mol. The van der Waals surface area contributed by atoms with Gasteiger partial charge in [-0.2, -0.15) is 5.26 Å². The van der Waals surface area contributed by atoms with Crippen molar-refractivity contribution >= 4 is 11.8 Å². The summed E-state index contributed by atoms with van der Waals surface area (Å²) < 4.78 is 0. The van der Waals surface area contributed by atoms with Gasteiger partial charge in [-0.1, -0.05) is 13.8 Å². The summed E-state index contributed by atoms with van der Waals surface area (Å²) in [5.41, 5.74) is 0. The van der Waals surface area contributed by atoms with Crippen molar-refractivity contribution < 1.29 is 9.59 Å². The van der Waals surface area contributed by atoms with Crippen molar-refractivity contribution in [1.82, 2.24) is 10.2 Å². The van der Waals surface area contributed by atoms with Crippen LogP contribution in [0.1, 0.15) is 26.7 Å². The Kier molecular flexibility index (Phi) is 4.50. The summed E-state index contributed by atoms with van der Waals surface area (Å²) in [4.78, 5) is 24.7. The van der Waals surface area contributed by atoms with Crippen LogP contribution in [0.3, 0.4) is 0 Å². The third-order valence-electron chi connectivity index (χ3n) is 3.06. The molecule has 0 saturated carbocycles. The van der Waals surface area contributed by atoms with Gasteiger partial charge in [-0.25, -0.2) is 0 Å². The molecule has 1 saturated heterocycles. The molecule has 2 unspecified atom stereocenters. The fourth-order valence-electron chi connectivity index (χ4n) is 1.93. The molecule has 1 heterocycles. The van der Waals surface area contributed by atoms with Crippen LogP contribution >= 0.6 is 0 Å². The Labute approximate surface area is 102 Å². The van der Waals surface area contributed by atoms with Crippen LogP contribution in [0, 0.1) is 23.2 Å². The molecule has 1 fully saturated rings. The summed E-state index contributed by atoms with van der Waals surface area (Å²) >= 11 is 0. The first-order valence-corrected chi connectivity index (χ1v) is 5.89. The Bertz CT molecular complexity index is 346. The molecule has 1 aliphatic rings. The standard InChI is InChI=1S/C12H19N3O2/c1-8(2)10(6-13)12(17)14-9-4-5-11(16)15(3)7-9/h8-10H,4-5,7H2,1-3H3,(H,14,17). The minimum atomic E-state index is -0.613. The number of likely N-dealkylation sites (tertiary alicyclic amines) is 1. The lowest BCUT2D eigenvalue weighted by Crippen LogP contribution is -2.50. The van der Waals surface area contributed by atoms with Gasteiger partial charge in [0.2, 0.25) is 11.8 Å². The van der Waals surface area contributed by atoms with Crippen molar-refractivity contribution in [3.63, 3.8) is 0 Å². The number of hydrogen-bond donors (Lipinski definition) is 1. The number of piperidine rings is 1. The molecule has 0 bridgehead atoms. The molecule has 1 rings (SSSR count). The van der Waals surface area contributed by atoms with Crippen molar-refractivity contribution in [2.24, 2.45) is 11.8 Å². The summed E-state index contributed by atoms with van der Waals surface area (Å²) in [6.45, 7) is 4.23. The molecule has 94 valence electrons. The Morgan fingerprint density at radius 3 is 2.71 bits per heavy atom. The van der Waals surface area contributed by atoms with Crippen LogP contribution in [0.2, 0.25) is 0 Å². The molecule has 1 aliphatic heterocycles. The first kappa shape index (κ1) is 13.5. The van der Waals surface area contributed by atoms with E-state index < -0.39 is 5.92 Å². The Hall–Kier alpha value is -1.57. The van der Waals surface area contributed by atoms with Crippen LogP contribution < -0.4 is 5.32 Å². The maximum absolute atomic E-state index is 11.8. The molecule has 2 amide bonds. The quantitative estimate of drug-likeness (QED) is 0.777. The van der Waals surface area contributed by atoms with Gasteiger partial charge >= 0.3 is 0 Å². The third-order valence-corrected chi connectivity index (χ3v) is 3.06. The van der Waals surface area contributed by atoms with E-state index in [4.69, 9.17) is 5.26 Å². The normalized spacial score (nSPS) is 22.2. The molecular weight excluding hydrogens is 218 g/mol. The largest absolute Gasteiger partial charge is 0.350 e. The number of nitrogens with one attached hydrogen (secondary N) is 1. The number of rotatable bonds is 3. The van der Waals surface area contributed by atoms with Crippen LogP contribution in [0.4, 0.5) is 0 Å². The predicted octanol–water partition coefficient (Wildman–Crippen LogP) is 0.519. The zero-order valence-electron chi connectivity index (χ0n) is 10.6. The zero-order chi connectivity index (χ0) is 13.0. The molecule has 0 aromatic rings. The van der Waals surface area contributed by atoms with E-state index in [-0.39, 0.29) is 23.8 Å². The topological polar surface area (TPSA) is 73.2 Å². The van der Waals surface area contributed by atoms with Crippen LogP contribution in [0.5, 0.6) is 0 Å². The average Bonchev–Trinajstić information content (AvgIpc) is 2.24. The van der Waals surface area contributed by atoms with Crippen molar-refractivity contribution in [2.75, 3.05) is 13.6 Å². The highest BCUT2D eigenvalue weighted by atomic mass is 16.2. The van der Waals surface area contributed by atoms with E-state index in [9.17, 15) is 9.59 Å². The van der Waals surface area contributed by atoms with Gasteiger partial charge in [0, 0.05) is 26.1 Å². The lowest BCUT2D eigenvalue weighted by atomic mass is 9.95. The third kappa shape index (κ3) is 3.45. The van der Waals surface area contributed by atoms with E-state index in [1.54, 1.807) is 11.9 Å². The molecule has 5 nitrogen and oxygen atoms in total. The number of carbonyl (C=O) groups is 2. The fraction of sp³-hybridized carbons (Fsp3) is 0.750. The number of nitriles is 1. The first-order chi connectivity index (χ1) is 7.95. The van der Waals surface area contributed by atoms with Gasteiger partial charge in [0.1, 0.15) is 5.92 Å². The summed E-state index contributed by atoms with van der Waals surface area (Å²) in [7, 11) is 1.73. The van der Waals surface area contributed by atoms with Crippen LogP contribution in [0.25, 0.3) is 0 Å². The van der Waals surface area contributed by atoms with Gasteiger partial charge in [0.15, 0.2) is 0 Å². The van der Waals surface area contributed by atoms with Crippen molar-refractivity contribution in [3.05, 3.63) is 0 Å². The van der Waals surface area contributed by atoms with Crippen LogP contribution in [0.15, 0.2) is 0 Å². The second-order valence-electron chi connectivity index (χ2n) is 4.87. The Morgan fingerprint density at radius 1 is 1.59 bits per heavy atom. The highest BCUT2D eigenvalue weighted by Gasteiger charge is 2.28. The number of hydrogen-bond acceptors (Lipinski definition) is 3. The highest BCUT2D eigenvalue weighted by molar-refractivity contribution is 5.82. The molecule has 1 N–H and O–H groups in total. The SMILES string of the molecule is CC(C)C(C#N)C(=O)NC1CCC(=O)N(C)C1. The van der Waals surface area contributed by atoms with Gasteiger partial charge in [-0.15, -0.1) is 0 Å². The van der Waals surface area contributed by atoms with Gasteiger partial charge in [0.05, 0.1) is 6.07 Å². The number of amides is 2. The Balaban J connectivity index is 2.52. The number of carbonyl (C=O) groups excluding carboxylic acids is 2. The van der Waals surface area contributed by atoms with E-state index in [1.807, 2.05) is 19.9 Å². The Morgan fingerprint density at radius 2 is 2.24 bits per heavy atom. The molecule has 0 radical (unpaired) electrons. The molecule has 17 heavy (non-hydrogen) atoms. The molecular formula is C12H19N3O2. The minimum absolute atomic E-state index is 0.00273. The van der Waals surface area contributed by atoms with Gasteiger partial charge < -0.3 is 10.2 Å². The molecule has 5 heteroatoms. The summed E-state index contributed by atoms with van der Waals surface area (Å²) in [6, 6.07) is 1.99. The fourth-order valence-corrected chi connectivity index (χ4v) is 1.93. The second-order valence-corrected chi connectivity index (χ2v) is 4.87. The molecule has 0 aliphatic carbocycles. The average molecular weight is 237 g/mol. The molecule has 0 spiro atoms. The van der Waals surface area contributed by atoms with E-state index in [0.717, 1.165) is 0 Å². The molecule has 0 aromatic heterocycles. The lowest BCUT2D eigenvalue weighted by molar-refractivity contribution is -0.134. The lowest BCUT2D eigenvalue weighted by Gasteiger charge is -2.30. The maximum atomic E-state index is 11.8. The summed E-state index contributed by atoms with van der Waals surface area (Å²) in [5.74, 6) is -0.729. The van der Waals surface area contributed by atoms with E-state index in [2.05, 4.69) is 5.32 Å².